The van der Waals surface area contributed by atoms with Crippen molar-refractivity contribution in [3.05, 3.63) is 168 Å². The first kappa shape index (κ1) is 84.2. The van der Waals surface area contributed by atoms with Crippen molar-refractivity contribution >= 4 is 115 Å². The lowest BCUT2D eigenvalue weighted by atomic mass is 9.79. The summed E-state index contributed by atoms with van der Waals surface area (Å²) in [6.07, 6.45) is 45.1. The van der Waals surface area contributed by atoms with Crippen LogP contribution in [0.1, 0.15) is 155 Å². The number of aromatic amines is 5. The first-order valence-corrected chi connectivity index (χ1v) is 46.3. The van der Waals surface area contributed by atoms with Gasteiger partial charge in [0.25, 0.3) is 0 Å². The van der Waals surface area contributed by atoms with Gasteiger partial charge in [0.05, 0.1) is 74.3 Å². The number of pyridine rings is 5. The molecule has 10 aromatic heterocycles. The fourth-order valence-electron chi connectivity index (χ4n) is 20.0. The molecule has 31 heteroatoms. The second kappa shape index (κ2) is 39.3. The van der Waals surface area contributed by atoms with Crippen molar-refractivity contribution in [2.45, 2.75) is 145 Å². The number of nitrogens with one attached hydrogen (secondary N) is 8. The SMILES string of the molecule is CN1CCC[C@H]1CC(=O)N1CCN(c2c(C3CC3)cnc3[nH]ncc23)CC1.O=C(CC1CCCN1)N1CCN(c2c(-c3ccccc3)cnc3n[nH]c(/C=C/c4cccnc4)c23)CC1.O=C(C[C@@H]1CCCN1)N1CCN(c2c(-c3ccccc3)cnc3n[nH]c(/C=C\c4cn[nH]c4)c23)CC1.O=C(C[C@@H]1CCCN1)N1CCN(c2c(C3CCC3)cnc3[nH]ncc23)CC1. The zero-order valence-corrected chi connectivity index (χ0v) is 72.8. The van der Waals surface area contributed by atoms with Crippen LogP contribution in [0, 0.1) is 0 Å². The van der Waals surface area contributed by atoms with Crippen LogP contribution in [0.3, 0.4) is 0 Å². The van der Waals surface area contributed by atoms with E-state index in [0.717, 1.165) is 232 Å². The van der Waals surface area contributed by atoms with Crippen LogP contribution in [-0.2, 0) is 19.2 Å². The maximum Gasteiger partial charge on any atom is 0.224 e. The molecule has 0 spiro atoms. The number of amides is 4. The number of H-pyrrole nitrogens is 5. The number of aromatic nitrogens is 15. The van der Waals surface area contributed by atoms with Crippen molar-refractivity contribution in [2.24, 2.45) is 0 Å². The average Bonchev–Trinajstić information content (AvgIpc) is 1.77. The van der Waals surface area contributed by atoms with E-state index < -0.39 is 0 Å². The van der Waals surface area contributed by atoms with Crippen LogP contribution < -0.4 is 35.6 Å². The highest BCUT2D eigenvalue weighted by atomic mass is 16.2. The van der Waals surface area contributed by atoms with E-state index >= 15 is 0 Å². The second-order valence-electron chi connectivity index (χ2n) is 35.7. The van der Waals surface area contributed by atoms with E-state index in [4.69, 9.17) is 4.98 Å². The molecule has 2 aliphatic carbocycles. The predicted molar refractivity (Wildman–Crippen MR) is 498 cm³/mol. The number of carbonyl (C=O) groups is 4. The number of hydrogen-bond acceptors (Lipinski definition) is 22. The third kappa shape index (κ3) is 19.4. The third-order valence-corrected chi connectivity index (χ3v) is 27.6. The Labute approximate surface area is 739 Å². The van der Waals surface area contributed by atoms with Gasteiger partial charge < -0.3 is 60.0 Å². The lowest BCUT2D eigenvalue weighted by molar-refractivity contribution is -0.133. The van der Waals surface area contributed by atoms with Crippen LogP contribution in [0.4, 0.5) is 22.7 Å². The summed E-state index contributed by atoms with van der Waals surface area (Å²) in [5, 5.41) is 51.2. The molecule has 10 aliphatic rings. The normalized spacial score (nSPS) is 20.7. The molecule has 10 fully saturated rings. The molecule has 1 unspecified atom stereocenters. The molecule has 22 rings (SSSR count). The number of rotatable bonds is 20. The summed E-state index contributed by atoms with van der Waals surface area (Å²) in [6, 6.07) is 26.1. The highest BCUT2D eigenvalue weighted by molar-refractivity contribution is 6.05. The summed E-state index contributed by atoms with van der Waals surface area (Å²) >= 11 is 0. The molecule has 12 aromatic rings. The molecule has 4 amide bonds. The summed E-state index contributed by atoms with van der Waals surface area (Å²) in [4.78, 5) is 94.2. The molecule has 18 heterocycles. The standard InChI is InChI=1S/C29H31N7O.C27H30N8O.2C20H28N6O/c37-26(18-23-9-5-13-31-23)35-14-16-36(17-15-35)28-24(22-7-2-1-3-8-22)20-32-29-27(28)25(33-34-29)11-10-21-6-4-12-30-19-21;36-24(15-21-7-4-10-28-21)34-11-13-35(14-12-34)26-22(20-5-2-1-3-6-20)18-29-27-25(26)23(32-33-27)9-8-19-16-30-31-17-19;1-24-6-2-3-15(24)11-18(27)25-7-9-26(10-8-25)19-16(14-4-5-14)12-21-20-17(19)13-22-23-20;27-18(11-15-5-2-6-21-15)25-7-9-26(10-8-25)19-16(14-3-1-4-14)12-22-20-17(19)13-23-24-20/h1-4,6-8,10-12,19-20,23,31H,5,9,13-18H2,(H,32,33,34);1-3,5-6,8-9,16-18,21,28H,4,7,10-15H2,(H,30,31)(H,29,32,33);12-15H,2-11H2,1H3,(H,21,22,23);12-15,21H,1-11H2,(H,22,23,24)/b11-10+;9-8-;;/t;21-;2*15-/m.000/s1. The second-order valence-corrected chi connectivity index (χ2v) is 35.7. The van der Waals surface area contributed by atoms with E-state index in [0.29, 0.717) is 111 Å². The Morgan fingerprint density at radius 2 is 0.827 bits per heavy atom. The molecule has 8 saturated heterocycles. The molecule has 0 radical (unpaired) electrons. The Kier molecular flexibility index (Phi) is 26.0. The van der Waals surface area contributed by atoms with Gasteiger partial charge in [0.15, 0.2) is 22.6 Å². The van der Waals surface area contributed by atoms with Gasteiger partial charge in [0.1, 0.15) is 0 Å². The number of likely N-dealkylation sites (tertiary alicyclic amines) is 1. The Morgan fingerprint density at radius 1 is 0.386 bits per heavy atom. The minimum absolute atomic E-state index is 0.254. The quantitative estimate of drug-likeness (QED) is 0.0351. The number of anilines is 4. The molecule has 127 heavy (non-hydrogen) atoms. The van der Waals surface area contributed by atoms with Crippen molar-refractivity contribution in [3.63, 3.8) is 0 Å². The molecule has 2 saturated carbocycles. The van der Waals surface area contributed by atoms with Gasteiger partial charge in [-0.3, -0.25) is 49.7 Å². The lowest BCUT2D eigenvalue weighted by Gasteiger charge is -2.39. The van der Waals surface area contributed by atoms with E-state index in [9.17, 15) is 19.2 Å². The number of fused-ring (bicyclic) bond motifs is 4. The lowest BCUT2D eigenvalue weighted by Crippen LogP contribution is -2.50. The highest BCUT2D eigenvalue weighted by Gasteiger charge is 2.37. The number of nitrogens with zero attached hydrogens (tertiary/aromatic N) is 19. The Hall–Kier alpha value is -12.3. The van der Waals surface area contributed by atoms with Crippen molar-refractivity contribution in [3.8, 4) is 22.3 Å². The van der Waals surface area contributed by atoms with Gasteiger partial charge in [-0.25, -0.2) is 19.9 Å². The summed E-state index contributed by atoms with van der Waals surface area (Å²) in [5.74, 6) is 2.40. The molecule has 660 valence electrons. The number of hydrogen-bond donors (Lipinski definition) is 8. The fourth-order valence-corrected chi connectivity index (χ4v) is 20.0. The van der Waals surface area contributed by atoms with Crippen LogP contribution in [-0.4, -0.2) is 286 Å². The predicted octanol–water partition coefficient (Wildman–Crippen LogP) is 11.3. The van der Waals surface area contributed by atoms with Gasteiger partial charge >= 0.3 is 0 Å². The monoisotopic (exact) mass is 1710 g/mol. The summed E-state index contributed by atoms with van der Waals surface area (Å²) in [5.41, 5.74) is 18.8. The van der Waals surface area contributed by atoms with Crippen molar-refractivity contribution in [1.82, 2.24) is 116 Å². The molecular weight excluding hydrogens is 1600 g/mol. The van der Waals surface area contributed by atoms with Gasteiger partial charge in [-0.1, -0.05) is 79.2 Å². The van der Waals surface area contributed by atoms with Crippen LogP contribution in [0.15, 0.2) is 135 Å². The minimum atomic E-state index is 0.254. The topological polar surface area (TPSA) is 341 Å². The van der Waals surface area contributed by atoms with Gasteiger partial charge in [0, 0.05) is 215 Å². The summed E-state index contributed by atoms with van der Waals surface area (Å²) in [7, 11) is 2.14. The van der Waals surface area contributed by atoms with E-state index in [2.05, 4.69) is 160 Å². The van der Waals surface area contributed by atoms with E-state index in [1.165, 1.54) is 67.4 Å². The molecule has 2 aromatic carbocycles. The zero-order chi connectivity index (χ0) is 85.9. The summed E-state index contributed by atoms with van der Waals surface area (Å²) in [6.45, 7) is 16.9. The molecule has 8 aliphatic heterocycles. The largest absolute Gasteiger partial charge is 0.367 e. The fraction of sp³-hybridized carbons (Fsp3) is 0.458. The average molecular weight is 1710 g/mol. The highest BCUT2D eigenvalue weighted by Crippen LogP contribution is 2.48. The van der Waals surface area contributed by atoms with E-state index in [1.807, 2.05) is 125 Å². The summed E-state index contributed by atoms with van der Waals surface area (Å²) < 4.78 is 0. The van der Waals surface area contributed by atoms with Gasteiger partial charge in [0.2, 0.25) is 23.6 Å². The van der Waals surface area contributed by atoms with Crippen LogP contribution in [0.25, 0.3) is 90.7 Å². The number of piperazine rings is 4. The van der Waals surface area contributed by atoms with E-state index in [-0.39, 0.29) is 11.8 Å². The first-order chi connectivity index (χ1) is 62.5. The number of carbonyl (C=O) groups excluding carboxylic acids is 4. The molecule has 8 N–H and O–H groups in total. The molecular formula is C96H117N27O4. The molecule has 0 bridgehead atoms. The third-order valence-electron chi connectivity index (χ3n) is 27.6. The Bertz CT molecular complexity index is 5770. The van der Waals surface area contributed by atoms with Gasteiger partial charge in [-0.15, -0.1) is 0 Å². The zero-order valence-electron chi connectivity index (χ0n) is 72.8. The molecule has 4 atom stereocenters. The van der Waals surface area contributed by atoms with Crippen LogP contribution >= 0.6 is 0 Å². The first-order valence-electron chi connectivity index (χ1n) is 46.3. The van der Waals surface area contributed by atoms with Crippen molar-refractivity contribution < 1.29 is 19.2 Å². The van der Waals surface area contributed by atoms with Crippen LogP contribution in [0.5, 0.6) is 0 Å². The Morgan fingerprint density at radius 3 is 1.21 bits per heavy atom. The maximum atomic E-state index is 13.0. The van der Waals surface area contributed by atoms with Crippen molar-refractivity contribution in [2.75, 3.05) is 158 Å². The van der Waals surface area contributed by atoms with Gasteiger partial charge in [-0.05, 0) is 174 Å². The maximum absolute atomic E-state index is 13.0. The Balaban J connectivity index is 0.000000111. The number of benzene rings is 2. The van der Waals surface area contributed by atoms with Crippen molar-refractivity contribution in [1.29, 1.82) is 0 Å². The minimum Gasteiger partial charge on any atom is -0.367 e. The van der Waals surface area contributed by atoms with Crippen LogP contribution in [0.2, 0.25) is 0 Å². The smallest absolute Gasteiger partial charge is 0.224 e. The van der Waals surface area contributed by atoms with Gasteiger partial charge in [-0.2, -0.15) is 25.5 Å². The molecule has 31 nitrogen and oxygen atoms in total. The van der Waals surface area contributed by atoms with E-state index in [1.54, 1.807) is 12.4 Å².